The highest BCUT2D eigenvalue weighted by Gasteiger charge is 2.08. The van der Waals surface area contributed by atoms with Gasteiger partial charge in [-0.05, 0) is 49.2 Å². The van der Waals surface area contributed by atoms with E-state index in [0.29, 0.717) is 23.3 Å². The molecule has 0 unspecified atom stereocenters. The lowest BCUT2D eigenvalue weighted by atomic mass is 10.1. The molecule has 0 aliphatic rings. The molecule has 0 saturated heterocycles. The maximum atomic E-state index is 12.2. The number of benzene rings is 2. The van der Waals surface area contributed by atoms with Crippen LogP contribution in [0, 0.1) is 13.8 Å². The number of thioether (sulfide) groups is 1. The zero-order valence-corrected chi connectivity index (χ0v) is 16.6. The van der Waals surface area contributed by atoms with Crippen molar-refractivity contribution in [2.45, 2.75) is 19.6 Å². The van der Waals surface area contributed by atoms with Gasteiger partial charge in [0.25, 0.3) is 0 Å². The number of aryl methyl sites for hydroxylation is 2. The molecule has 1 amide bonds. The van der Waals surface area contributed by atoms with Gasteiger partial charge < -0.3 is 16.4 Å². The van der Waals surface area contributed by atoms with Gasteiger partial charge in [-0.3, -0.25) is 4.79 Å². The monoisotopic (exact) mass is 394 g/mol. The van der Waals surface area contributed by atoms with Crippen molar-refractivity contribution in [1.82, 2.24) is 15.0 Å². The standard InChI is InChI=1S/C20H22N6OS/c1-13-8-14(2)10-16(9-13)22-18(27)12-28-11-17-24-19(21)26-20(25-17)23-15-6-4-3-5-7-15/h3-10H,11-12H2,1-2H3,(H,22,27)(H3,21,23,24,25,26). The number of carbonyl (C=O) groups excluding carboxylic acids is 1. The molecule has 0 bridgehead atoms. The van der Waals surface area contributed by atoms with E-state index in [1.807, 2.05) is 56.3 Å². The highest BCUT2D eigenvalue weighted by atomic mass is 32.2. The molecule has 0 fully saturated rings. The summed E-state index contributed by atoms with van der Waals surface area (Å²) in [5, 5.41) is 6.01. The van der Waals surface area contributed by atoms with Crippen molar-refractivity contribution in [2.75, 3.05) is 22.1 Å². The Morgan fingerprint density at radius 3 is 2.43 bits per heavy atom. The summed E-state index contributed by atoms with van der Waals surface area (Å²) in [4.78, 5) is 24.8. The van der Waals surface area contributed by atoms with Gasteiger partial charge in [0.2, 0.25) is 17.8 Å². The number of rotatable bonds is 7. The number of anilines is 4. The van der Waals surface area contributed by atoms with Crippen LogP contribution < -0.4 is 16.4 Å². The highest BCUT2D eigenvalue weighted by Crippen LogP contribution is 2.17. The number of aromatic nitrogens is 3. The topological polar surface area (TPSA) is 106 Å². The number of para-hydroxylation sites is 1. The van der Waals surface area contributed by atoms with E-state index in [4.69, 9.17) is 5.73 Å². The minimum absolute atomic E-state index is 0.0698. The summed E-state index contributed by atoms with van der Waals surface area (Å²) in [6.45, 7) is 4.01. The van der Waals surface area contributed by atoms with Crippen molar-refractivity contribution in [1.29, 1.82) is 0 Å². The van der Waals surface area contributed by atoms with E-state index in [9.17, 15) is 4.79 Å². The summed E-state index contributed by atoms with van der Waals surface area (Å²) < 4.78 is 0. The van der Waals surface area contributed by atoms with Crippen LogP contribution in [0.25, 0.3) is 0 Å². The first-order valence-corrected chi connectivity index (χ1v) is 9.92. The Balaban J connectivity index is 1.54. The summed E-state index contributed by atoms with van der Waals surface area (Å²) in [6.07, 6.45) is 0. The average molecular weight is 395 g/mol. The molecule has 0 atom stereocenters. The van der Waals surface area contributed by atoms with Gasteiger partial charge in [-0.2, -0.15) is 15.0 Å². The fourth-order valence-corrected chi connectivity index (χ4v) is 3.36. The number of hydrogen-bond donors (Lipinski definition) is 3. The molecular formula is C20H22N6OS. The predicted molar refractivity (Wildman–Crippen MR) is 115 cm³/mol. The van der Waals surface area contributed by atoms with Crippen LogP contribution in [-0.2, 0) is 10.5 Å². The first kappa shape index (κ1) is 19.6. The highest BCUT2D eigenvalue weighted by molar-refractivity contribution is 7.99. The minimum Gasteiger partial charge on any atom is -0.368 e. The van der Waals surface area contributed by atoms with E-state index in [1.165, 1.54) is 11.8 Å². The van der Waals surface area contributed by atoms with Gasteiger partial charge in [-0.1, -0.05) is 24.3 Å². The van der Waals surface area contributed by atoms with Crippen LogP contribution >= 0.6 is 11.8 Å². The van der Waals surface area contributed by atoms with Crippen LogP contribution in [0.5, 0.6) is 0 Å². The largest absolute Gasteiger partial charge is 0.368 e. The molecule has 0 saturated carbocycles. The van der Waals surface area contributed by atoms with Gasteiger partial charge in [0, 0.05) is 11.4 Å². The molecule has 8 heteroatoms. The number of nitrogens with zero attached hydrogens (tertiary/aromatic N) is 3. The fraction of sp³-hybridized carbons (Fsp3) is 0.200. The number of nitrogen functional groups attached to an aromatic ring is 1. The Morgan fingerprint density at radius 2 is 1.71 bits per heavy atom. The summed E-state index contributed by atoms with van der Waals surface area (Å²) in [5.74, 6) is 1.73. The molecule has 1 heterocycles. The summed E-state index contributed by atoms with van der Waals surface area (Å²) >= 11 is 1.42. The molecule has 0 spiro atoms. The third-order valence-electron chi connectivity index (χ3n) is 3.70. The van der Waals surface area contributed by atoms with E-state index < -0.39 is 0 Å². The third kappa shape index (κ3) is 5.95. The van der Waals surface area contributed by atoms with Gasteiger partial charge in [0.15, 0.2) is 0 Å². The van der Waals surface area contributed by atoms with E-state index in [0.717, 1.165) is 22.5 Å². The molecule has 0 radical (unpaired) electrons. The van der Waals surface area contributed by atoms with Gasteiger partial charge in [-0.15, -0.1) is 11.8 Å². The maximum absolute atomic E-state index is 12.2. The molecule has 144 valence electrons. The molecular weight excluding hydrogens is 372 g/mol. The van der Waals surface area contributed by atoms with Gasteiger partial charge in [0.1, 0.15) is 5.82 Å². The summed E-state index contributed by atoms with van der Waals surface area (Å²) in [5.41, 5.74) is 9.68. The first-order chi connectivity index (χ1) is 13.5. The Hall–Kier alpha value is -3.13. The van der Waals surface area contributed by atoms with Crippen LogP contribution in [-0.4, -0.2) is 26.6 Å². The number of nitrogens with one attached hydrogen (secondary N) is 2. The van der Waals surface area contributed by atoms with Crippen LogP contribution in [0.3, 0.4) is 0 Å². The number of carbonyl (C=O) groups is 1. The lowest BCUT2D eigenvalue weighted by Gasteiger charge is -2.08. The van der Waals surface area contributed by atoms with Crippen LogP contribution in [0.2, 0.25) is 0 Å². The fourth-order valence-electron chi connectivity index (χ4n) is 2.69. The molecule has 0 aliphatic carbocycles. The Labute approximate surface area is 168 Å². The van der Waals surface area contributed by atoms with Gasteiger partial charge in [0.05, 0.1) is 11.5 Å². The molecule has 1 aromatic heterocycles. The number of amides is 1. The van der Waals surface area contributed by atoms with E-state index in [2.05, 4.69) is 31.7 Å². The predicted octanol–water partition coefficient (Wildman–Crippen LogP) is 3.69. The lowest BCUT2D eigenvalue weighted by Crippen LogP contribution is -2.14. The van der Waals surface area contributed by atoms with Crippen LogP contribution in [0.4, 0.5) is 23.3 Å². The molecule has 3 rings (SSSR count). The molecule has 2 aromatic carbocycles. The normalized spacial score (nSPS) is 10.5. The van der Waals surface area contributed by atoms with E-state index >= 15 is 0 Å². The zero-order chi connectivity index (χ0) is 19.9. The number of hydrogen-bond acceptors (Lipinski definition) is 7. The quantitative estimate of drug-likeness (QED) is 0.561. The SMILES string of the molecule is Cc1cc(C)cc(NC(=O)CSCc2nc(N)nc(Nc3ccccc3)n2)c1. The zero-order valence-electron chi connectivity index (χ0n) is 15.8. The third-order valence-corrected chi connectivity index (χ3v) is 4.63. The van der Waals surface area contributed by atoms with Crippen molar-refractivity contribution in [3.63, 3.8) is 0 Å². The second kappa shape index (κ2) is 9.18. The van der Waals surface area contributed by atoms with E-state index in [1.54, 1.807) is 0 Å². The second-order valence-corrected chi connectivity index (χ2v) is 7.33. The molecule has 28 heavy (non-hydrogen) atoms. The van der Waals surface area contributed by atoms with Crippen molar-refractivity contribution < 1.29 is 4.79 Å². The Morgan fingerprint density at radius 1 is 1.00 bits per heavy atom. The second-order valence-electron chi connectivity index (χ2n) is 6.34. The minimum atomic E-state index is -0.0698. The van der Waals surface area contributed by atoms with Crippen molar-refractivity contribution >= 4 is 40.9 Å². The smallest absolute Gasteiger partial charge is 0.234 e. The first-order valence-electron chi connectivity index (χ1n) is 8.76. The maximum Gasteiger partial charge on any atom is 0.234 e. The van der Waals surface area contributed by atoms with Crippen molar-refractivity contribution in [3.8, 4) is 0 Å². The van der Waals surface area contributed by atoms with E-state index in [-0.39, 0.29) is 11.9 Å². The van der Waals surface area contributed by atoms with Gasteiger partial charge >= 0.3 is 0 Å². The summed E-state index contributed by atoms with van der Waals surface area (Å²) in [6, 6.07) is 15.5. The Bertz CT molecular complexity index is 944. The number of nitrogens with two attached hydrogens (primary N) is 1. The molecule has 0 aliphatic heterocycles. The Kier molecular flexibility index (Phi) is 6.44. The van der Waals surface area contributed by atoms with Gasteiger partial charge in [-0.25, -0.2) is 0 Å². The summed E-state index contributed by atoms with van der Waals surface area (Å²) in [7, 11) is 0. The van der Waals surface area contributed by atoms with Crippen LogP contribution in [0.15, 0.2) is 48.5 Å². The average Bonchev–Trinajstić information content (AvgIpc) is 2.61. The molecule has 3 aromatic rings. The molecule has 7 nitrogen and oxygen atoms in total. The van der Waals surface area contributed by atoms with Crippen molar-refractivity contribution in [2.24, 2.45) is 0 Å². The lowest BCUT2D eigenvalue weighted by molar-refractivity contribution is -0.113. The molecule has 4 N–H and O–H groups in total. The van der Waals surface area contributed by atoms with Crippen LogP contribution in [0.1, 0.15) is 17.0 Å². The van der Waals surface area contributed by atoms with Crippen molar-refractivity contribution in [3.05, 3.63) is 65.5 Å².